The number of nitrogens with one attached hydrogen (secondary N) is 6. The third-order valence-electron chi connectivity index (χ3n) is 18.1. The van der Waals surface area contributed by atoms with Crippen molar-refractivity contribution in [2.75, 3.05) is 98.4 Å². The number of anilines is 3. The van der Waals surface area contributed by atoms with E-state index in [9.17, 15) is 70.7 Å². The number of halogens is 3. The number of imide groups is 3. The molecule has 6 N–H and O–H groups in total. The number of benzene rings is 3. The Morgan fingerprint density at radius 3 is 1.17 bits per heavy atom. The maximum absolute atomic E-state index is 14.6. The van der Waals surface area contributed by atoms with Crippen molar-refractivity contribution in [3.8, 4) is 0 Å². The molecule has 9 aliphatic heterocycles. The Balaban J connectivity index is 0.000000199. The van der Waals surface area contributed by atoms with Crippen LogP contribution in [0.15, 0.2) is 55.1 Å². The number of Topliss-reactive ketones (excluding diaryl/α,β-unsaturated/α-hetero) is 3. The number of ether oxygens (including phenoxy) is 3. The molecule has 0 saturated carbocycles. The van der Waals surface area contributed by atoms with Crippen LogP contribution in [-0.2, 0) is 76.6 Å². The Labute approximate surface area is 625 Å². The van der Waals surface area contributed by atoms with E-state index < -0.39 is 94.4 Å². The van der Waals surface area contributed by atoms with Crippen LogP contribution in [0.3, 0.4) is 0 Å². The maximum atomic E-state index is 14.6. The SMILES string of the molecule is CC[C@@H]1CSC(=O)N1c1noc2c(F)cc(CC3C(=O)CC(=O)NC3=O)cc12.CC[C@H]1CSC(=O)N1c1noc2c(F)cc(CC3C(=O)CC(=O)NC3=O)cc12.C[C@H]1CNCCO1.C[C@H]1CNCCO1.C[C@H]1CNCCO1.[HH].[HH].[HH].[N-]=[N+]=NC[C@H]1CN(c2noc3c(F)cc(CC4C(=O)CC(=O)NC4=O)cc23)C(=O)S1. The number of amides is 9. The highest BCUT2D eigenvalue weighted by molar-refractivity contribution is 8.15. The smallest absolute Gasteiger partial charge is 0.287 e. The number of carbonyl (C=O) groups excluding carboxylic acids is 12. The molecule has 15 rings (SSSR count). The van der Waals surface area contributed by atoms with E-state index in [1.54, 1.807) is 12.1 Å². The Hall–Kier alpha value is -9.18. The van der Waals surface area contributed by atoms with E-state index in [0.717, 1.165) is 100 Å². The minimum Gasteiger partial charge on any atom is -0.376 e. The molecule has 12 heterocycles. The average molecular weight is 1550 g/mol. The fourth-order valence-corrected chi connectivity index (χ4v) is 15.6. The lowest BCUT2D eigenvalue weighted by Gasteiger charge is -2.21. The van der Waals surface area contributed by atoms with Crippen LogP contribution in [0.25, 0.3) is 43.4 Å². The summed E-state index contributed by atoms with van der Waals surface area (Å²) >= 11 is 3.30. The Morgan fingerprint density at radius 1 is 0.523 bits per heavy atom. The average Bonchev–Trinajstić information content (AvgIpc) is 1.62. The summed E-state index contributed by atoms with van der Waals surface area (Å²) in [5, 5.41) is 30.9. The number of rotatable bonds is 13. The predicted molar refractivity (Wildman–Crippen MR) is 390 cm³/mol. The van der Waals surface area contributed by atoms with Crippen molar-refractivity contribution < 1.29 is 103 Å². The highest BCUT2D eigenvalue weighted by Crippen LogP contribution is 2.41. The number of fused-ring (bicyclic) bond motifs is 3. The van der Waals surface area contributed by atoms with E-state index in [0.29, 0.717) is 70.1 Å². The second-order valence-electron chi connectivity index (χ2n) is 26.0. The van der Waals surface area contributed by atoms with Gasteiger partial charge in [0.15, 0.2) is 52.3 Å². The molecule has 9 amide bonds. The highest BCUT2D eigenvalue weighted by atomic mass is 32.2. The van der Waals surface area contributed by atoms with E-state index in [-0.39, 0.29) is 122 Å². The van der Waals surface area contributed by atoms with Gasteiger partial charge in [-0.2, -0.15) is 0 Å². The minimum absolute atomic E-state index is 0. The van der Waals surface area contributed by atoms with Crippen molar-refractivity contribution in [3.05, 3.63) is 81.0 Å². The number of hydrogen-bond acceptors (Lipinski definition) is 28. The standard InChI is InChI=1S/2C18H16FN3O5S.C17H13FN6O5S.3C5H11NO.3H2/c2*1-2-9-7-28-18(26)22(9)16-11-4-8(5-12(19)15(11)27-21-16)3-10-13(23)6-14(24)20-17(10)25;18-11-3-7(1-9-12(25)4-13(26)21-16(9)27)2-10-14(11)29-22-15(10)24-6-8(5-20-23-19)30-17(24)28;3*1-5-4-6-2-3-7-5;;;/h2*4-5,9-10H,2-3,6-7H2,1H3,(H,20,24,25);2-3,8-9H,1,4-6H2,(H,21,26,27);3*5-6H,2-4H2,1H3;3*1H/t2*9-,10?;8-,9?;3*5-;;;/m100000.../s1. The van der Waals surface area contributed by atoms with E-state index in [1.807, 2.05) is 13.8 Å². The van der Waals surface area contributed by atoms with E-state index in [2.05, 4.69) is 78.2 Å². The van der Waals surface area contributed by atoms with Crippen LogP contribution in [0, 0.1) is 35.2 Å². The topological polar surface area (TPSA) is 441 Å². The van der Waals surface area contributed by atoms with Crippen LogP contribution in [0.2, 0.25) is 0 Å². The number of nitrogens with zero attached hydrogens (tertiary/aromatic N) is 9. The number of carbonyl (C=O) groups is 12. The molecule has 6 aromatic rings. The first kappa shape index (κ1) is 80.4. The van der Waals surface area contributed by atoms with Crippen molar-refractivity contribution in [3.63, 3.8) is 0 Å². The van der Waals surface area contributed by atoms with Crippen molar-refractivity contribution in [2.24, 2.45) is 22.9 Å². The molecule has 0 aliphatic carbocycles. The fourth-order valence-electron chi connectivity index (χ4n) is 12.5. The van der Waals surface area contributed by atoms with Crippen LogP contribution in [0.4, 0.5) is 45.0 Å². The van der Waals surface area contributed by atoms with Gasteiger partial charge in [0.2, 0.25) is 52.2 Å². The quantitative estimate of drug-likeness (QED) is 0.0219. The molecular weight excluding hydrogens is 1470 g/mol. The number of aromatic nitrogens is 3. The van der Waals surface area contributed by atoms with Crippen LogP contribution in [-0.4, -0.2) is 203 Å². The molecule has 0 bridgehead atoms. The van der Waals surface area contributed by atoms with Crippen molar-refractivity contribution in [2.45, 2.75) is 122 Å². The van der Waals surface area contributed by atoms with Gasteiger partial charge in [-0.15, -0.1) is 0 Å². The van der Waals surface area contributed by atoms with Crippen molar-refractivity contribution in [1.82, 2.24) is 47.4 Å². The number of hydrogen-bond donors (Lipinski definition) is 6. The summed E-state index contributed by atoms with van der Waals surface area (Å²) in [6, 6.07) is 7.97. The largest absolute Gasteiger partial charge is 0.376 e. The van der Waals surface area contributed by atoms with E-state index in [1.165, 1.54) is 32.9 Å². The molecular formula is C68H84F3N15O18S3. The first-order valence-corrected chi connectivity index (χ1v) is 37.4. The van der Waals surface area contributed by atoms with Gasteiger partial charge < -0.3 is 43.7 Å². The summed E-state index contributed by atoms with van der Waals surface area (Å²) in [4.78, 5) is 150. The van der Waals surface area contributed by atoms with Crippen LogP contribution >= 0.6 is 35.3 Å². The number of morpholine rings is 3. The summed E-state index contributed by atoms with van der Waals surface area (Å²) in [7, 11) is 0. The Morgan fingerprint density at radius 2 is 0.869 bits per heavy atom. The first-order chi connectivity index (χ1) is 51.3. The summed E-state index contributed by atoms with van der Waals surface area (Å²) in [6.45, 7) is 19.1. The highest BCUT2D eigenvalue weighted by Gasteiger charge is 2.41. The molecule has 9 fully saturated rings. The normalized spacial score (nSPS) is 24.6. The second kappa shape index (κ2) is 37.1. The van der Waals surface area contributed by atoms with E-state index in [4.69, 9.17) is 33.3 Å². The summed E-state index contributed by atoms with van der Waals surface area (Å²) in [5.41, 5.74) is 9.17. The van der Waals surface area contributed by atoms with Crippen molar-refractivity contribution in [1.29, 1.82) is 0 Å². The van der Waals surface area contributed by atoms with Crippen LogP contribution < -0.4 is 46.6 Å². The van der Waals surface area contributed by atoms with Gasteiger partial charge >= 0.3 is 0 Å². The first-order valence-electron chi connectivity index (χ1n) is 34.5. The zero-order valence-electron chi connectivity index (χ0n) is 58.7. The zero-order chi connectivity index (χ0) is 76.8. The molecule has 0 radical (unpaired) electrons. The second-order valence-corrected chi connectivity index (χ2v) is 29.2. The third-order valence-corrected chi connectivity index (χ3v) is 21.1. The Bertz CT molecular complexity index is 4200. The van der Waals surface area contributed by atoms with Gasteiger partial charge in [0.25, 0.3) is 15.7 Å². The van der Waals surface area contributed by atoms with Gasteiger partial charge in [0.05, 0.1) is 73.6 Å². The third kappa shape index (κ3) is 20.2. The zero-order valence-corrected chi connectivity index (χ0v) is 61.2. The van der Waals surface area contributed by atoms with Crippen LogP contribution in [0.5, 0.6) is 0 Å². The van der Waals surface area contributed by atoms with Gasteiger partial charge in [-0.3, -0.25) is 88.2 Å². The van der Waals surface area contributed by atoms with Gasteiger partial charge in [-0.1, -0.05) is 69.7 Å². The minimum atomic E-state index is -1.11. The molecule has 3 aromatic heterocycles. The van der Waals surface area contributed by atoms with Gasteiger partial charge in [0, 0.05) is 90.4 Å². The molecule has 107 heavy (non-hydrogen) atoms. The van der Waals surface area contributed by atoms with Crippen LogP contribution in [0.1, 0.15) is 87.7 Å². The summed E-state index contributed by atoms with van der Waals surface area (Å²) in [5.74, 6) is -9.20. The molecule has 9 atom stereocenters. The Kier molecular flexibility index (Phi) is 27.9. The monoisotopic (exact) mass is 1550 g/mol. The van der Waals surface area contributed by atoms with Gasteiger partial charge in [-0.25, -0.2) is 13.2 Å². The molecule has 9 saturated heterocycles. The number of thioether (sulfide) groups is 3. The predicted octanol–water partition coefficient (Wildman–Crippen LogP) is 7.20. The molecule has 39 heteroatoms. The number of ketones is 3. The summed E-state index contributed by atoms with van der Waals surface area (Å²) in [6.07, 6.45) is 1.29. The molecule has 9 aliphatic rings. The molecule has 3 aromatic carbocycles. The fraction of sp³-hybridized carbons (Fsp3) is 0.515. The van der Waals surface area contributed by atoms with Gasteiger partial charge in [0.1, 0.15) is 17.8 Å². The molecule has 578 valence electrons. The van der Waals surface area contributed by atoms with Crippen molar-refractivity contribution >= 4 is 154 Å². The number of azide groups is 1. The lowest BCUT2D eigenvalue weighted by atomic mass is 9.89. The number of piperidine rings is 3. The molecule has 0 spiro atoms. The van der Waals surface area contributed by atoms with Gasteiger partial charge in [-0.05, 0) is 111 Å². The van der Waals surface area contributed by atoms with E-state index >= 15 is 0 Å². The summed E-state index contributed by atoms with van der Waals surface area (Å²) < 4.78 is 74.6. The molecule has 33 nitrogen and oxygen atoms in total. The lowest BCUT2D eigenvalue weighted by Crippen LogP contribution is -2.46. The molecule has 3 unspecified atom stereocenters. The lowest BCUT2D eigenvalue weighted by molar-refractivity contribution is -0.145. The maximum Gasteiger partial charge on any atom is 0.287 e.